The molecule has 2 rings (SSSR count). The maximum atomic E-state index is 12.0. The first-order valence-corrected chi connectivity index (χ1v) is 6.74. The smallest absolute Gasteiger partial charge is 0.274 e. The zero-order valence-corrected chi connectivity index (χ0v) is 12.0. The molecule has 1 aromatic carbocycles. The van der Waals surface area contributed by atoms with Gasteiger partial charge in [0.25, 0.3) is 5.91 Å². The first kappa shape index (κ1) is 15.5. The predicted octanol–water partition coefficient (Wildman–Crippen LogP) is 1.25. The van der Waals surface area contributed by atoms with E-state index < -0.39 is 11.9 Å². The number of nitrogens with zero attached hydrogens (tertiary/aromatic N) is 1. The number of benzene rings is 1. The molecule has 2 aromatic rings. The highest BCUT2D eigenvalue weighted by Gasteiger charge is 2.11. The number of carboxylic acid groups (broad SMARTS) is 1. The van der Waals surface area contributed by atoms with Crippen LogP contribution in [0, 0.1) is 6.92 Å². The third kappa shape index (κ3) is 4.05. The Labute approximate surface area is 127 Å². The molecule has 0 aliphatic carbocycles. The molecule has 0 bridgehead atoms. The van der Waals surface area contributed by atoms with Crippen LogP contribution in [0.2, 0.25) is 0 Å². The summed E-state index contributed by atoms with van der Waals surface area (Å²) in [6.45, 7) is 1.67. The molecule has 0 radical (unpaired) electrons. The van der Waals surface area contributed by atoms with Crippen molar-refractivity contribution in [3.63, 3.8) is 0 Å². The minimum Gasteiger partial charge on any atom is -0.550 e. The van der Waals surface area contributed by atoms with E-state index in [1.807, 2.05) is 18.2 Å². The van der Waals surface area contributed by atoms with Crippen molar-refractivity contribution < 1.29 is 19.1 Å². The number of amides is 1. The minimum atomic E-state index is -1.17. The molecule has 0 atom stereocenters. The van der Waals surface area contributed by atoms with Crippen molar-refractivity contribution in [2.75, 3.05) is 0 Å². The van der Waals surface area contributed by atoms with Crippen LogP contribution in [-0.2, 0) is 4.79 Å². The van der Waals surface area contributed by atoms with Gasteiger partial charge >= 0.3 is 0 Å². The van der Waals surface area contributed by atoms with Gasteiger partial charge in [-0.1, -0.05) is 30.3 Å². The summed E-state index contributed by atoms with van der Waals surface area (Å²) in [6, 6.07) is 10.6. The van der Waals surface area contributed by atoms with E-state index in [1.165, 1.54) is 6.26 Å². The lowest BCUT2D eigenvalue weighted by Crippen LogP contribution is -2.24. The van der Waals surface area contributed by atoms with Gasteiger partial charge in [0.2, 0.25) is 0 Å². The van der Waals surface area contributed by atoms with Crippen molar-refractivity contribution >= 4 is 17.6 Å². The Bertz CT molecular complexity index is 689. The summed E-state index contributed by atoms with van der Waals surface area (Å²) in [7, 11) is 0. The van der Waals surface area contributed by atoms with Crippen LogP contribution in [0.25, 0.3) is 0 Å². The quantitative estimate of drug-likeness (QED) is 0.641. The molecule has 0 saturated carbocycles. The Kier molecular flexibility index (Phi) is 5.08. The zero-order valence-electron chi connectivity index (χ0n) is 12.0. The SMILES string of the molecule is Cc1occc1C(=O)N/N=C(/CCC(=O)[O-])c1ccccc1. The molecule has 0 aliphatic heterocycles. The molecule has 1 N–H and O–H groups in total. The van der Waals surface area contributed by atoms with Gasteiger partial charge in [-0.3, -0.25) is 4.79 Å². The molecule has 0 fully saturated rings. The first-order valence-electron chi connectivity index (χ1n) is 6.74. The molecule has 22 heavy (non-hydrogen) atoms. The van der Waals surface area contributed by atoms with Gasteiger partial charge in [0.05, 0.1) is 17.5 Å². The van der Waals surface area contributed by atoms with E-state index in [-0.39, 0.29) is 12.8 Å². The third-order valence-electron chi connectivity index (χ3n) is 3.07. The van der Waals surface area contributed by atoms with E-state index >= 15 is 0 Å². The zero-order chi connectivity index (χ0) is 15.9. The fourth-order valence-corrected chi connectivity index (χ4v) is 1.91. The molecule has 1 aromatic heterocycles. The molecule has 114 valence electrons. The van der Waals surface area contributed by atoms with E-state index in [9.17, 15) is 14.7 Å². The van der Waals surface area contributed by atoms with Gasteiger partial charge in [-0.05, 0) is 31.4 Å². The molecule has 1 heterocycles. The van der Waals surface area contributed by atoms with E-state index in [0.29, 0.717) is 17.0 Å². The van der Waals surface area contributed by atoms with Crippen molar-refractivity contribution in [2.45, 2.75) is 19.8 Å². The van der Waals surface area contributed by atoms with Crippen LogP contribution in [0.15, 0.2) is 52.2 Å². The summed E-state index contributed by atoms with van der Waals surface area (Å²) in [5, 5.41) is 14.7. The molecule has 0 aliphatic rings. The van der Waals surface area contributed by atoms with Crippen LogP contribution in [0.1, 0.15) is 34.5 Å². The molecule has 1 amide bonds. The number of rotatable bonds is 6. The average Bonchev–Trinajstić information content (AvgIpc) is 2.94. The van der Waals surface area contributed by atoms with Crippen molar-refractivity contribution in [1.29, 1.82) is 0 Å². The highest BCUT2D eigenvalue weighted by atomic mass is 16.4. The molecule has 0 spiro atoms. The van der Waals surface area contributed by atoms with Crippen LogP contribution in [0.5, 0.6) is 0 Å². The van der Waals surface area contributed by atoms with Gasteiger partial charge in [0, 0.05) is 5.97 Å². The third-order valence-corrected chi connectivity index (χ3v) is 3.07. The standard InChI is InChI=1S/C16H16N2O4/c1-11-13(9-10-22-11)16(21)18-17-14(7-8-15(19)20)12-5-3-2-4-6-12/h2-6,9-10H,7-8H2,1H3,(H,18,21)(H,19,20)/p-1/b17-14-. The van der Waals surface area contributed by atoms with E-state index in [2.05, 4.69) is 10.5 Å². The summed E-state index contributed by atoms with van der Waals surface area (Å²) < 4.78 is 5.06. The lowest BCUT2D eigenvalue weighted by atomic mass is 10.1. The van der Waals surface area contributed by atoms with Gasteiger partial charge in [-0.25, -0.2) is 5.43 Å². The number of hydrogen-bond acceptors (Lipinski definition) is 5. The van der Waals surface area contributed by atoms with Crippen LogP contribution in [0.4, 0.5) is 0 Å². The predicted molar refractivity (Wildman–Crippen MR) is 78.1 cm³/mol. The Morgan fingerprint density at radius 3 is 2.50 bits per heavy atom. The summed E-state index contributed by atoms with van der Waals surface area (Å²) in [6.07, 6.45) is 1.41. The fraction of sp³-hybridized carbons (Fsp3) is 0.188. The van der Waals surface area contributed by atoms with Crippen LogP contribution in [-0.4, -0.2) is 17.6 Å². The van der Waals surface area contributed by atoms with E-state index in [4.69, 9.17) is 4.42 Å². The topological polar surface area (TPSA) is 94.7 Å². The van der Waals surface area contributed by atoms with Crippen LogP contribution < -0.4 is 10.5 Å². The summed E-state index contributed by atoms with van der Waals surface area (Å²) in [5.74, 6) is -1.09. The number of nitrogens with one attached hydrogen (secondary N) is 1. The number of furan rings is 1. The van der Waals surface area contributed by atoms with Crippen molar-refractivity contribution in [1.82, 2.24) is 5.43 Å². The second kappa shape index (κ2) is 7.21. The average molecular weight is 299 g/mol. The lowest BCUT2D eigenvalue weighted by Gasteiger charge is -2.08. The highest BCUT2D eigenvalue weighted by molar-refractivity contribution is 6.03. The monoisotopic (exact) mass is 299 g/mol. The summed E-state index contributed by atoms with van der Waals surface area (Å²) >= 11 is 0. The van der Waals surface area contributed by atoms with Crippen LogP contribution >= 0.6 is 0 Å². The van der Waals surface area contributed by atoms with Crippen molar-refractivity contribution in [2.24, 2.45) is 5.10 Å². The van der Waals surface area contributed by atoms with Gasteiger partial charge in [-0.15, -0.1) is 0 Å². The van der Waals surface area contributed by atoms with E-state index in [0.717, 1.165) is 5.56 Å². The lowest BCUT2D eigenvalue weighted by molar-refractivity contribution is -0.305. The maximum absolute atomic E-state index is 12.0. The number of carbonyl (C=O) groups excluding carboxylic acids is 2. The number of hydrazone groups is 1. The summed E-state index contributed by atoms with van der Waals surface area (Å²) in [5.41, 5.74) is 4.02. The molecule has 0 saturated heterocycles. The van der Waals surface area contributed by atoms with Crippen molar-refractivity contribution in [3.05, 3.63) is 59.5 Å². The van der Waals surface area contributed by atoms with Crippen LogP contribution in [0.3, 0.4) is 0 Å². The highest BCUT2D eigenvalue weighted by Crippen LogP contribution is 2.09. The fourth-order valence-electron chi connectivity index (χ4n) is 1.91. The van der Waals surface area contributed by atoms with Gasteiger partial charge in [0.1, 0.15) is 5.76 Å². The normalized spacial score (nSPS) is 11.2. The van der Waals surface area contributed by atoms with Gasteiger partial charge < -0.3 is 14.3 Å². The Hall–Kier alpha value is -2.89. The number of aliphatic carboxylic acids is 1. The molecule has 6 heteroatoms. The summed E-state index contributed by atoms with van der Waals surface area (Å²) in [4.78, 5) is 22.6. The Morgan fingerprint density at radius 2 is 1.91 bits per heavy atom. The Morgan fingerprint density at radius 1 is 1.18 bits per heavy atom. The minimum absolute atomic E-state index is 0.164. The van der Waals surface area contributed by atoms with Crippen molar-refractivity contribution in [3.8, 4) is 0 Å². The number of carbonyl (C=O) groups is 2. The van der Waals surface area contributed by atoms with Gasteiger partial charge in [0.15, 0.2) is 0 Å². The molecule has 0 unspecified atom stereocenters. The van der Waals surface area contributed by atoms with E-state index in [1.54, 1.807) is 25.1 Å². The molecule has 6 nitrogen and oxygen atoms in total. The number of carboxylic acids is 1. The number of hydrogen-bond donors (Lipinski definition) is 1. The number of aryl methyl sites for hydroxylation is 1. The molecular formula is C16H15N2O4-. The maximum Gasteiger partial charge on any atom is 0.274 e. The Balaban J connectivity index is 2.16. The largest absolute Gasteiger partial charge is 0.550 e. The first-order chi connectivity index (χ1) is 10.6. The molecular weight excluding hydrogens is 284 g/mol. The van der Waals surface area contributed by atoms with Gasteiger partial charge in [-0.2, -0.15) is 5.10 Å². The second-order valence-electron chi connectivity index (χ2n) is 4.63. The second-order valence-corrected chi connectivity index (χ2v) is 4.63.